The first-order valence-electron chi connectivity index (χ1n) is 1.29. The van der Waals surface area contributed by atoms with Crippen LogP contribution in [0.3, 0.4) is 0 Å². The lowest BCUT2D eigenvalue weighted by Gasteiger charge is -1.66. The van der Waals surface area contributed by atoms with Crippen LogP contribution in [-0.4, -0.2) is 5.91 Å². The molecule has 0 bridgehead atoms. The Kier molecular flexibility index (Phi) is 2.75. The van der Waals surface area contributed by atoms with E-state index in [0.717, 1.165) is 6.08 Å². The molecule has 1 radical (unpaired) electrons. The summed E-state index contributed by atoms with van der Waals surface area (Å²) in [5, 5.41) is 0. The van der Waals surface area contributed by atoms with Crippen LogP contribution in [0.2, 0.25) is 0 Å². The summed E-state index contributed by atoms with van der Waals surface area (Å²) in [6.45, 7) is 0. The van der Waals surface area contributed by atoms with Gasteiger partial charge in [-0.25, -0.2) is 0 Å². The topological polar surface area (TPSA) is 40.9 Å². The van der Waals surface area contributed by atoms with Crippen LogP contribution in [0.15, 0.2) is 11.1 Å². The normalized spacial score (nSPS) is 9.50. The number of amides is 1. The molecule has 1 amide bonds. The van der Waals surface area contributed by atoms with Gasteiger partial charge >= 0.3 is 0 Å². The van der Waals surface area contributed by atoms with E-state index in [-0.39, 0.29) is 0 Å². The highest BCUT2D eigenvalue weighted by atomic mass is 79.9. The number of rotatable bonds is 1. The maximum absolute atomic E-state index is 9.59. The summed E-state index contributed by atoms with van der Waals surface area (Å²) in [7, 11) is 0. The molecule has 0 aliphatic rings. The van der Waals surface area contributed by atoms with Gasteiger partial charge in [0.15, 0.2) is 0 Å². The van der Waals surface area contributed by atoms with Gasteiger partial charge in [-0.3, -0.25) is 10.5 Å². The monoisotopic (exact) mass is 148 g/mol. The Bertz CT molecular complexity index is 78.9. The Morgan fingerprint density at radius 3 is 2.33 bits per heavy atom. The number of nitrogens with one attached hydrogen (secondary N) is 1. The van der Waals surface area contributed by atoms with Crippen molar-refractivity contribution >= 4 is 21.8 Å². The zero-order valence-corrected chi connectivity index (χ0v) is 4.53. The number of halogens is 1. The van der Waals surface area contributed by atoms with Crippen molar-refractivity contribution in [2.75, 3.05) is 0 Å². The van der Waals surface area contributed by atoms with Crippen LogP contribution in [0.5, 0.6) is 0 Å². The van der Waals surface area contributed by atoms with Crippen LogP contribution in [-0.2, 0) is 4.79 Å². The third-order valence-electron chi connectivity index (χ3n) is 0.214. The molecule has 1 N–H and O–H groups in total. The van der Waals surface area contributed by atoms with Crippen LogP contribution in [0.25, 0.3) is 0 Å². The van der Waals surface area contributed by atoms with Crippen molar-refractivity contribution in [3.05, 3.63) is 11.1 Å². The van der Waals surface area contributed by atoms with E-state index in [4.69, 9.17) is 5.73 Å². The van der Waals surface area contributed by atoms with Crippen molar-refractivity contribution in [1.29, 1.82) is 0 Å². The van der Waals surface area contributed by atoms with Gasteiger partial charge in [0.25, 0.3) is 5.91 Å². The summed E-state index contributed by atoms with van der Waals surface area (Å²) in [5.41, 5.74) is 6.22. The van der Waals surface area contributed by atoms with Gasteiger partial charge in [0.05, 0.1) is 0 Å². The molecule has 0 saturated heterocycles. The molecule has 0 heterocycles. The summed E-state index contributed by atoms with van der Waals surface area (Å²) < 4.78 is 0. The smallest absolute Gasteiger partial charge is 0.262 e. The Labute approximate surface area is 44.1 Å². The van der Waals surface area contributed by atoms with Crippen molar-refractivity contribution in [2.45, 2.75) is 0 Å². The van der Waals surface area contributed by atoms with Crippen LogP contribution >= 0.6 is 15.9 Å². The molecule has 0 aromatic heterocycles. The highest BCUT2D eigenvalue weighted by molar-refractivity contribution is 9.11. The van der Waals surface area contributed by atoms with E-state index in [9.17, 15) is 4.79 Å². The van der Waals surface area contributed by atoms with Crippen LogP contribution in [0, 0.1) is 0 Å². The molecule has 33 valence electrons. The Hall–Kier alpha value is -0.310. The van der Waals surface area contributed by atoms with Gasteiger partial charge in [-0.05, 0) is 4.99 Å². The second kappa shape index (κ2) is 2.90. The fourth-order valence-electron chi connectivity index (χ4n) is 0.0572. The second-order valence-electron chi connectivity index (χ2n) is 0.657. The molecule has 0 saturated carbocycles. The Balaban J connectivity index is 3.30. The number of hydrogen-bond donors (Lipinski definition) is 0. The molecule has 6 heavy (non-hydrogen) atoms. The fraction of sp³-hybridized carbons (Fsp3) is 0. The second-order valence-corrected chi connectivity index (χ2v) is 1.19. The number of carbonyl (C=O) groups excluding carboxylic acids is 1. The predicted octanol–water partition coefficient (Wildman–Crippen LogP) is 0.705. The summed E-state index contributed by atoms with van der Waals surface area (Å²) in [6.07, 6.45) is 1.11. The van der Waals surface area contributed by atoms with Crippen LogP contribution in [0.4, 0.5) is 0 Å². The highest BCUT2D eigenvalue weighted by Crippen LogP contribution is 1.78. The molecule has 0 unspecified atom stereocenters. The van der Waals surface area contributed by atoms with E-state index in [1.165, 1.54) is 4.99 Å². The van der Waals surface area contributed by atoms with Crippen molar-refractivity contribution in [2.24, 2.45) is 0 Å². The molecule has 0 aromatic carbocycles. The van der Waals surface area contributed by atoms with Gasteiger partial charge < -0.3 is 0 Å². The van der Waals surface area contributed by atoms with Gasteiger partial charge in [-0.1, -0.05) is 15.9 Å². The first-order valence-corrected chi connectivity index (χ1v) is 2.21. The van der Waals surface area contributed by atoms with E-state index in [2.05, 4.69) is 15.9 Å². The number of hydrogen-bond acceptors (Lipinski definition) is 1. The van der Waals surface area contributed by atoms with E-state index in [1.807, 2.05) is 0 Å². The van der Waals surface area contributed by atoms with E-state index < -0.39 is 5.91 Å². The zero-order chi connectivity index (χ0) is 4.99. The first kappa shape index (κ1) is 5.69. The minimum absolute atomic E-state index is 0.688. The molecule has 0 spiro atoms. The Morgan fingerprint density at radius 2 is 2.33 bits per heavy atom. The van der Waals surface area contributed by atoms with E-state index in [1.54, 1.807) is 0 Å². The SMILES string of the molecule is [NH]C(=O)C=CBr. The molecular formula is C3H3BrNO. The quantitative estimate of drug-likeness (QED) is 0.506. The Morgan fingerprint density at radius 1 is 1.83 bits per heavy atom. The van der Waals surface area contributed by atoms with Crippen molar-refractivity contribution in [3.63, 3.8) is 0 Å². The molecule has 0 aliphatic carbocycles. The molecule has 0 aliphatic heterocycles. The average Bonchev–Trinajstić information content (AvgIpc) is 1.35. The lowest BCUT2D eigenvalue weighted by molar-refractivity contribution is -0.114. The standard InChI is InChI=1S/C3H3BrNO/c4-2-1-3(5)6/h1-2,5H. The highest BCUT2D eigenvalue weighted by Gasteiger charge is 1.76. The van der Waals surface area contributed by atoms with Crippen LogP contribution < -0.4 is 5.73 Å². The van der Waals surface area contributed by atoms with E-state index in [0.29, 0.717) is 0 Å². The number of carbonyl (C=O) groups is 1. The third kappa shape index (κ3) is 3.69. The first-order chi connectivity index (χ1) is 2.77. The van der Waals surface area contributed by atoms with Crippen molar-refractivity contribution < 1.29 is 4.79 Å². The molecule has 0 aromatic rings. The summed E-state index contributed by atoms with van der Waals surface area (Å²) in [4.78, 5) is 10.9. The predicted molar refractivity (Wildman–Crippen MR) is 26.2 cm³/mol. The van der Waals surface area contributed by atoms with Crippen molar-refractivity contribution in [1.82, 2.24) is 5.73 Å². The summed E-state index contributed by atoms with van der Waals surface area (Å²) in [6, 6.07) is 0. The van der Waals surface area contributed by atoms with Gasteiger partial charge in [0.2, 0.25) is 0 Å². The minimum Gasteiger partial charge on any atom is -0.268 e. The maximum atomic E-state index is 9.59. The molecule has 0 rings (SSSR count). The van der Waals surface area contributed by atoms with Gasteiger partial charge in [0.1, 0.15) is 0 Å². The van der Waals surface area contributed by atoms with Gasteiger partial charge in [-0.2, -0.15) is 0 Å². The zero-order valence-electron chi connectivity index (χ0n) is 2.94. The lowest BCUT2D eigenvalue weighted by Crippen LogP contribution is -1.87. The van der Waals surface area contributed by atoms with E-state index >= 15 is 0 Å². The summed E-state index contributed by atoms with van der Waals surface area (Å²) in [5.74, 6) is -0.688. The molecule has 3 heteroatoms. The minimum atomic E-state index is -0.688. The largest absolute Gasteiger partial charge is 0.268 e. The molecular weight excluding hydrogens is 146 g/mol. The average molecular weight is 149 g/mol. The molecule has 2 nitrogen and oxygen atoms in total. The fourth-order valence-corrected chi connectivity index (χ4v) is 0.297. The summed E-state index contributed by atoms with van der Waals surface area (Å²) >= 11 is 2.83. The third-order valence-corrected chi connectivity index (χ3v) is 0.479. The van der Waals surface area contributed by atoms with Gasteiger partial charge in [0, 0.05) is 6.08 Å². The van der Waals surface area contributed by atoms with Crippen LogP contribution in [0.1, 0.15) is 0 Å². The lowest BCUT2D eigenvalue weighted by atomic mass is 10.6. The van der Waals surface area contributed by atoms with Gasteiger partial charge in [-0.15, -0.1) is 0 Å². The maximum Gasteiger partial charge on any atom is 0.262 e. The molecule has 0 atom stereocenters. The van der Waals surface area contributed by atoms with Crippen molar-refractivity contribution in [3.8, 4) is 0 Å². The molecule has 0 fully saturated rings.